The Kier molecular flexibility index (Phi) is 2.46. The van der Waals surface area contributed by atoms with Crippen molar-refractivity contribution in [2.75, 3.05) is 19.6 Å². The van der Waals surface area contributed by atoms with E-state index in [1.165, 1.54) is 43.7 Å². The molecule has 2 fully saturated rings. The minimum atomic E-state index is 0.202. The summed E-state index contributed by atoms with van der Waals surface area (Å²) >= 11 is 0. The Labute approximate surface area is 114 Å². The summed E-state index contributed by atoms with van der Waals surface area (Å²) in [6.07, 6.45) is 4.11. The molecule has 3 nitrogen and oxygen atoms in total. The second-order valence-corrected chi connectivity index (χ2v) is 6.59. The van der Waals surface area contributed by atoms with Crippen LogP contribution in [0.2, 0.25) is 0 Å². The predicted molar refractivity (Wildman–Crippen MR) is 77.2 cm³/mol. The molecule has 1 aliphatic carbocycles. The highest BCUT2D eigenvalue weighted by Crippen LogP contribution is 2.37. The van der Waals surface area contributed by atoms with Crippen LogP contribution in [0.4, 0.5) is 0 Å². The highest BCUT2D eigenvalue weighted by Gasteiger charge is 2.39. The third kappa shape index (κ3) is 2.06. The second kappa shape index (κ2) is 4.07. The lowest BCUT2D eigenvalue weighted by Crippen LogP contribution is -2.30. The van der Waals surface area contributed by atoms with Gasteiger partial charge in [0.2, 0.25) is 0 Å². The van der Waals surface area contributed by atoms with Gasteiger partial charge in [-0.05, 0) is 43.9 Å². The fraction of sp³-hybridized carbons (Fsp3) is 0.562. The molecule has 1 aromatic carbocycles. The first-order valence-corrected chi connectivity index (χ1v) is 7.41. The van der Waals surface area contributed by atoms with Gasteiger partial charge in [0.05, 0.1) is 11.0 Å². The fourth-order valence-corrected chi connectivity index (χ4v) is 3.31. The number of para-hydroxylation sites is 2. The molecule has 2 heterocycles. The quantitative estimate of drug-likeness (QED) is 0.914. The maximum Gasteiger partial charge on any atom is 0.114 e. The molecule has 100 valence electrons. The molecule has 0 radical (unpaired) electrons. The summed E-state index contributed by atoms with van der Waals surface area (Å²) in [6.45, 7) is 6.04. The Balaban J connectivity index is 1.59. The summed E-state index contributed by atoms with van der Waals surface area (Å²) in [5, 5.41) is 0. The van der Waals surface area contributed by atoms with E-state index in [9.17, 15) is 0 Å². The summed E-state index contributed by atoms with van der Waals surface area (Å²) in [5.41, 5.74) is 2.47. The number of hydrogen-bond donors (Lipinski definition) is 1. The van der Waals surface area contributed by atoms with Crippen molar-refractivity contribution in [3.8, 4) is 0 Å². The minimum Gasteiger partial charge on any atom is -0.341 e. The molecule has 1 saturated carbocycles. The summed E-state index contributed by atoms with van der Waals surface area (Å²) in [5.74, 6) is 2.16. The molecule has 0 amide bonds. The van der Waals surface area contributed by atoms with Crippen LogP contribution in [-0.2, 0) is 5.41 Å². The summed E-state index contributed by atoms with van der Waals surface area (Å²) in [6, 6.07) is 8.34. The third-order valence-electron chi connectivity index (χ3n) is 4.73. The van der Waals surface area contributed by atoms with E-state index < -0.39 is 0 Å². The molecule has 1 aliphatic heterocycles. The average molecular weight is 255 g/mol. The lowest BCUT2D eigenvalue weighted by atomic mass is 9.89. The number of hydrogen-bond acceptors (Lipinski definition) is 2. The van der Waals surface area contributed by atoms with Gasteiger partial charge in [0, 0.05) is 18.5 Å². The smallest absolute Gasteiger partial charge is 0.114 e. The first kappa shape index (κ1) is 11.5. The highest BCUT2D eigenvalue weighted by molar-refractivity contribution is 5.75. The number of imidazole rings is 1. The van der Waals surface area contributed by atoms with Crippen molar-refractivity contribution in [3.05, 3.63) is 30.1 Å². The van der Waals surface area contributed by atoms with Crippen molar-refractivity contribution in [2.45, 2.75) is 31.6 Å². The molecule has 1 unspecified atom stereocenters. The van der Waals surface area contributed by atoms with E-state index in [4.69, 9.17) is 4.98 Å². The first-order valence-electron chi connectivity index (χ1n) is 7.41. The summed E-state index contributed by atoms with van der Waals surface area (Å²) in [7, 11) is 0. The van der Waals surface area contributed by atoms with Gasteiger partial charge in [-0.2, -0.15) is 0 Å². The molecule has 0 bridgehead atoms. The van der Waals surface area contributed by atoms with Crippen molar-refractivity contribution < 1.29 is 0 Å². The van der Waals surface area contributed by atoms with E-state index in [1.54, 1.807) is 0 Å². The normalized spacial score (nSPS) is 28.3. The van der Waals surface area contributed by atoms with Gasteiger partial charge in [-0.3, -0.25) is 0 Å². The van der Waals surface area contributed by atoms with Crippen molar-refractivity contribution in [1.29, 1.82) is 0 Å². The molecular weight excluding hydrogens is 234 g/mol. The molecule has 2 aromatic rings. The van der Waals surface area contributed by atoms with Gasteiger partial charge in [0.25, 0.3) is 0 Å². The van der Waals surface area contributed by atoms with Crippen LogP contribution in [0.3, 0.4) is 0 Å². The van der Waals surface area contributed by atoms with E-state index in [0.717, 1.165) is 18.0 Å². The van der Waals surface area contributed by atoms with Gasteiger partial charge in [-0.15, -0.1) is 0 Å². The Hall–Kier alpha value is -1.35. The highest BCUT2D eigenvalue weighted by atomic mass is 15.2. The standard InChI is InChI=1S/C16H21N3/c1-16(8-9-19(11-16)10-12-6-7-12)15-17-13-4-2-3-5-14(13)18-15/h2-5,12H,6-11H2,1H3,(H,17,18). The molecule has 1 saturated heterocycles. The van der Waals surface area contributed by atoms with Gasteiger partial charge in [-0.25, -0.2) is 4.98 Å². The third-order valence-corrected chi connectivity index (χ3v) is 4.73. The molecule has 1 atom stereocenters. The van der Waals surface area contributed by atoms with Gasteiger partial charge < -0.3 is 9.88 Å². The van der Waals surface area contributed by atoms with E-state index in [2.05, 4.69) is 41.1 Å². The van der Waals surface area contributed by atoms with Crippen LogP contribution < -0.4 is 0 Å². The Morgan fingerprint density at radius 1 is 1.37 bits per heavy atom. The molecular formula is C16H21N3. The molecule has 1 N–H and O–H groups in total. The molecule has 1 aromatic heterocycles. The van der Waals surface area contributed by atoms with Crippen LogP contribution >= 0.6 is 0 Å². The minimum absolute atomic E-state index is 0.202. The first-order chi connectivity index (χ1) is 9.23. The lowest BCUT2D eigenvalue weighted by Gasteiger charge is -2.22. The largest absolute Gasteiger partial charge is 0.341 e. The monoisotopic (exact) mass is 255 g/mol. The van der Waals surface area contributed by atoms with E-state index in [-0.39, 0.29) is 5.41 Å². The van der Waals surface area contributed by atoms with Crippen LogP contribution in [0, 0.1) is 5.92 Å². The van der Waals surface area contributed by atoms with Crippen molar-refractivity contribution in [1.82, 2.24) is 14.9 Å². The number of nitrogens with one attached hydrogen (secondary N) is 1. The average Bonchev–Trinajstić information content (AvgIpc) is 2.98. The van der Waals surface area contributed by atoms with Crippen LogP contribution in [-0.4, -0.2) is 34.5 Å². The number of fused-ring (bicyclic) bond motifs is 1. The number of likely N-dealkylation sites (tertiary alicyclic amines) is 1. The lowest BCUT2D eigenvalue weighted by molar-refractivity contribution is 0.301. The number of rotatable bonds is 3. The number of nitrogens with zero attached hydrogens (tertiary/aromatic N) is 2. The Morgan fingerprint density at radius 3 is 3.00 bits per heavy atom. The van der Waals surface area contributed by atoms with Gasteiger partial charge >= 0.3 is 0 Å². The zero-order valence-corrected chi connectivity index (χ0v) is 11.5. The van der Waals surface area contributed by atoms with Gasteiger partial charge in [-0.1, -0.05) is 19.1 Å². The molecule has 19 heavy (non-hydrogen) atoms. The Bertz CT molecular complexity index is 566. The molecule has 4 rings (SSSR count). The molecule has 0 spiro atoms. The molecule has 3 heteroatoms. The van der Waals surface area contributed by atoms with E-state index in [0.29, 0.717) is 0 Å². The van der Waals surface area contributed by atoms with E-state index in [1.807, 2.05) is 0 Å². The van der Waals surface area contributed by atoms with Crippen LogP contribution in [0.25, 0.3) is 11.0 Å². The van der Waals surface area contributed by atoms with Crippen molar-refractivity contribution in [2.24, 2.45) is 5.92 Å². The summed E-state index contributed by atoms with van der Waals surface area (Å²) in [4.78, 5) is 11.0. The second-order valence-electron chi connectivity index (χ2n) is 6.59. The number of aromatic amines is 1. The topological polar surface area (TPSA) is 31.9 Å². The fourth-order valence-electron chi connectivity index (χ4n) is 3.31. The Morgan fingerprint density at radius 2 is 2.21 bits per heavy atom. The SMILES string of the molecule is CC1(c2nc3ccccc3[nH]2)CCN(CC2CC2)C1. The van der Waals surface area contributed by atoms with Crippen molar-refractivity contribution in [3.63, 3.8) is 0 Å². The maximum absolute atomic E-state index is 4.81. The number of H-pyrrole nitrogens is 1. The van der Waals surface area contributed by atoms with Gasteiger partial charge in [0.15, 0.2) is 0 Å². The van der Waals surface area contributed by atoms with Crippen molar-refractivity contribution >= 4 is 11.0 Å². The maximum atomic E-state index is 4.81. The number of benzene rings is 1. The van der Waals surface area contributed by atoms with Crippen LogP contribution in [0.5, 0.6) is 0 Å². The van der Waals surface area contributed by atoms with Gasteiger partial charge in [0.1, 0.15) is 5.82 Å². The predicted octanol–water partition coefficient (Wildman–Crippen LogP) is 2.94. The number of aromatic nitrogens is 2. The summed E-state index contributed by atoms with van der Waals surface area (Å²) < 4.78 is 0. The zero-order valence-electron chi connectivity index (χ0n) is 11.5. The van der Waals surface area contributed by atoms with Crippen LogP contribution in [0.1, 0.15) is 32.0 Å². The molecule has 2 aliphatic rings. The van der Waals surface area contributed by atoms with E-state index >= 15 is 0 Å². The zero-order chi connectivity index (χ0) is 12.9. The van der Waals surface area contributed by atoms with Crippen LogP contribution in [0.15, 0.2) is 24.3 Å².